The molecule has 5 rings (SSSR count). The number of fused-ring (bicyclic) bond motifs is 6. The molecule has 0 spiro atoms. The number of hydrogen-bond acceptors (Lipinski definition) is 6. The van der Waals surface area contributed by atoms with E-state index in [4.69, 9.17) is 0 Å². The number of nitrogens with zero attached hydrogens (tertiary/aromatic N) is 6. The Morgan fingerprint density at radius 3 is 1.38 bits per heavy atom. The molecule has 0 aromatic heterocycles. The van der Waals surface area contributed by atoms with Gasteiger partial charge in [0.1, 0.15) is 12.7 Å². The van der Waals surface area contributed by atoms with Crippen LogP contribution in [0.5, 0.6) is 0 Å². The third kappa shape index (κ3) is 3.13. The van der Waals surface area contributed by atoms with Gasteiger partial charge in [-0.1, -0.05) is 48.5 Å². The first kappa shape index (κ1) is 15.7. The molecule has 6 nitrogen and oxygen atoms in total. The van der Waals surface area contributed by atoms with Crippen LogP contribution in [0, 0.1) is 0 Å². The van der Waals surface area contributed by atoms with Crippen molar-refractivity contribution in [2.75, 3.05) is 0 Å². The lowest BCUT2D eigenvalue weighted by Gasteiger charge is -2.23. The molecular formula is C18H18N6Si2. The predicted molar refractivity (Wildman–Crippen MR) is 104 cm³/mol. The Kier molecular flexibility index (Phi) is 3.98. The molecule has 0 saturated heterocycles. The summed E-state index contributed by atoms with van der Waals surface area (Å²) in [4.78, 5) is 0. The minimum Gasteiger partial charge on any atom is -0.365 e. The topological polar surface area (TPSA) is 37.7 Å². The fourth-order valence-corrected chi connectivity index (χ4v) is 5.35. The Hall–Kier alpha value is -2.59. The van der Waals surface area contributed by atoms with E-state index < -0.39 is 0 Å². The van der Waals surface area contributed by atoms with Crippen molar-refractivity contribution in [3.05, 3.63) is 70.8 Å². The van der Waals surface area contributed by atoms with Gasteiger partial charge in [-0.05, 0) is 22.3 Å². The average Bonchev–Trinajstić information content (AvgIpc) is 3.27. The molecule has 0 fully saturated rings. The molecule has 3 heterocycles. The van der Waals surface area contributed by atoms with E-state index in [1.54, 1.807) is 0 Å². The zero-order valence-corrected chi connectivity index (χ0v) is 16.3. The molecule has 128 valence electrons. The Bertz CT molecular complexity index is 733. The van der Waals surface area contributed by atoms with E-state index in [2.05, 4.69) is 77.2 Å². The van der Waals surface area contributed by atoms with Crippen LogP contribution in [0.3, 0.4) is 0 Å². The van der Waals surface area contributed by atoms with Crippen molar-refractivity contribution in [3.63, 3.8) is 0 Å². The molecule has 2 aromatic carbocycles. The van der Waals surface area contributed by atoms with Gasteiger partial charge in [-0.15, -0.1) is 0 Å². The highest BCUT2D eigenvalue weighted by molar-refractivity contribution is 6.34. The van der Waals surface area contributed by atoms with Gasteiger partial charge in [0.2, 0.25) is 0 Å². The fraction of sp³-hybridized carbons (Fsp3) is 0.222. The molecule has 0 amide bonds. The van der Waals surface area contributed by atoms with Gasteiger partial charge in [0, 0.05) is 13.1 Å². The summed E-state index contributed by atoms with van der Waals surface area (Å²) in [7, 11) is 1.09. The first-order chi connectivity index (χ1) is 12.8. The summed E-state index contributed by atoms with van der Waals surface area (Å²) < 4.78 is 8.93. The number of hydrogen-bond donors (Lipinski definition) is 0. The molecule has 4 bridgehead atoms. The van der Waals surface area contributed by atoms with Gasteiger partial charge in [-0.2, -0.15) is 10.2 Å². The lowest BCUT2D eigenvalue weighted by atomic mass is 10.1. The van der Waals surface area contributed by atoms with Crippen LogP contribution in [0.1, 0.15) is 22.3 Å². The number of rotatable bonds is 0. The summed E-state index contributed by atoms with van der Waals surface area (Å²) in [6.45, 7) is 3.48. The second-order valence-electron chi connectivity index (χ2n) is 6.57. The molecule has 0 unspecified atom stereocenters. The molecule has 8 heteroatoms. The maximum absolute atomic E-state index is 4.62. The van der Waals surface area contributed by atoms with E-state index in [1.807, 2.05) is 12.7 Å². The minimum atomic E-state index is 0.547. The lowest BCUT2D eigenvalue weighted by Crippen LogP contribution is -2.33. The van der Waals surface area contributed by atoms with Gasteiger partial charge in [-0.3, -0.25) is 9.35 Å². The van der Waals surface area contributed by atoms with Crippen molar-refractivity contribution >= 4 is 32.4 Å². The molecule has 0 N–H and O–H groups in total. The largest absolute Gasteiger partial charge is 0.365 e. The van der Waals surface area contributed by atoms with Crippen molar-refractivity contribution in [1.29, 1.82) is 0 Å². The van der Waals surface area contributed by atoms with Gasteiger partial charge >= 0.3 is 19.7 Å². The Balaban J connectivity index is 1.48. The van der Waals surface area contributed by atoms with Crippen molar-refractivity contribution in [2.45, 2.75) is 26.2 Å². The Labute approximate surface area is 158 Å². The van der Waals surface area contributed by atoms with Crippen LogP contribution in [0.4, 0.5) is 0 Å². The SMILES string of the molecule is C1=NN2Cc3ccccc3CN3N=CN(Cc4ccccc4CN1[Si]2)[Si]3. The summed E-state index contributed by atoms with van der Waals surface area (Å²) in [6, 6.07) is 17.3. The molecule has 26 heavy (non-hydrogen) atoms. The zero-order valence-electron chi connectivity index (χ0n) is 14.3. The van der Waals surface area contributed by atoms with Crippen LogP contribution >= 0.6 is 0 Å². The number of hydrazone groups is 2. The third-order valence-corrected chi connectivity index (χ3v) is 6.78. The Morgan fingerprint density at radius 2 is 0.962 bits per heavy atom. The highest BCUT2D eigenvalue weighted by atomic mass is 28.2. The fourth-order valence-electron chi connectivity index (χ4n) is 3.38. The van der Waals surface area contributed by atoms with Gasteiger partial charge in [0.15, 0.2) is 0 Å². The van der Waals surface area contributed by atoms with Gasteiger partial charge in [0.05, 0.1) is 13.1 Å². The predicted octanol–water partition coefficient (Wildman–Crippen LogP) is 1.59. The summed E-state index contributed by atoms with van der Waals surface area (Å²) in [5.74, 6) is 0. The highest BCUT2D eigenvalue weighted by Gasteiger charge is 2.23. The standard InChI is InChI=1S/C18H18N6Si2/c1-2-6-16-10-22-14-20-24(26-22)12-18-8-4-3-7-17(18)11-23-19-13-21(25-23)9-15(16)5-1/h1-8,13-14H,9-12H2. The summed E-state index contributed by atoms with van der Waals surface area (Å²) in [5.41, 5.74) is 5.38. The van der Waals surface area contributed by atoms with Crippen molar-refractivity contribution < 1.29 is 0 Å². The van der Waals surface area contributed by atoms with Crippen LogP contribution in [0.25, 0.3) is 0 Å². The minimum absolute atomic E-state index is 0.547. The van der Waals surface area contributed by atoms with Crippen LogP contribution in [0.2, 0.25) is 0 Å². The molecule has 3 aliphatic rings. The quantitative estimate of drug-likeness (QED) is 0.657. The second kappa shape index (κ2) is 6.62. The summed E-state index contributed by atoms with van der Waals surface area (Å²) in [5, 5.41) is 9.25. The van der Waals surface area contributed by atoms with Crippen LogP contribution in [-0.4, -0.2) is 50.8 Å². The second-order valence-corrected chi connectivity index (χ2v) is 9.15. The van der Waals surface area contributed by atoms with Crippen molar-refractivity contribution in [3.8, 4) is 0 Å². The van der Waals surface area contributed by atoms with Crippen molar-refractivity contribution in [2.24, 2.45) is 10.2 Å². The van der Waals surface area contributed by atoms with E-state index in [0.717, 1.165) is 26.2 Å². The molecule has 0 saturated carbocycles. The maximum Gasteiger partial charge on any atom is 0.352 e. The Morgan fingerprint density at radius 1 is 0.577 bits per heavy atom. The molecule has 2 aromatic rings. The van der Waals surface area contributed by atoms with Gasteiger partial charge in [-0.25, -0.2) is 0 Å². The molecule has 0 atom stereocenters. The zero-order chi connectivity index (χ0) is 17.3. The van der Waals surface area contributed by atoms with Crippen LogP contribution in [0.15, 0.2) is 58.7 Å². The van der Waals surface area contributed by atoms with E-state index in [9.17, 15) is 0 Å². The normalized spacial score (nSPS) is 18.8. The molecular weight excluding hydrogens is 356 g/mol. The maximum atomic E-state index is 4.62. The summed E-state index contributed by atoms with van der Waals surface area (Å²) >= 11 is 0. The highest BCUT2D eigenvalue weighted by Crippen LogP contribution is 2.20. The van der Waals surface area contributed by atoms with Gasteiger partial charge < -0.3 is 9.13 Å². The van der Waals surface area contributed by atoms with Crippen molar-refractivity contribution in [1.82, 2.24) is 18.5 Å². The van der Waals surface area contributed by atoms with Crippen LogP contribution < -0.4 is 0 Å². The summed E-state index contributed by atoms with van der Waals surface area (Å²) in [6.07, 6.45) is 3.97. The number of benzene rings is 2. The lowest BCUT2D eigenvalue weighted by molar-refractivity contribution is 0.440. The van der Waals surface area contributed by atoms with E-state index in [1.165, 1.54) is 22.3 Å². The molecule has 0 aliphatic carbocycles. The average molecular weight is 375 g/mol. The molecule has 4 radical (unpaired) electrons. The van der Waals surface area contributed by atoms with E-state index in [0.29, 0.717) is 19.7 Å². The first-order valence-corrected chi connectivity index (χ1v) is 10.4. The smallest absolute Gasteiger partial charge is 0.352 e. The van der Waals surface area contributed by atoms with Gasteiger partial charge in [0.25, 0.3) is 0 Å². The first-order valence-electron chi connectivity index (χ1n) is 8.66. The molecule has 3 aliphatic heterocycles. The monoisotopic (exact) mass is 374 g/mol. The van der Waals surface area contributed by atoms with E-state index >= 15 is 0 Å². The van der Waals surface area contributed by atoms with Crippen LogP contribution in [-0.2, 0) is 26.2 Å². The van der Waals surface area contributed by atoms with E-state index in [-0.39, 0.29) is 0 Å². The third-order valence-electron chi connectivity index (χ3n) is 4.71.